The molecule has 19 heavy (non-hydrogen) atoms. The highest BCUT2D eigenvalue weighted by molar-refractivity contribution is 7.92. The van der Waals surface area contributed by atoms with Crippen molar-refractivity contribution in [2.24, 2.45) is 7.05 Å². The van der Waals surface area contributed by atoms with Crippen LogP contribution in [-0.4, -0.2) is 18.2 Å². The van der Waals surface area contributed by atoms with Crippen LogP contribution in [0.2, 0.25) is 0 Å². The molecule has 0 spiro atoms. The molecule has 0 bridgehead atoms. The van der Waals surface area contributed by atoms with Crippen molar-refractivity contribution in [1.29, 1.82) is 0 Å². The SMILES string of the molecule is Cc1cc(NS(=O)(=O)c2cnn(C)c2)c(C)cc1N. The molecule has 0 amide bonds. The van der Waals surface area contributed by atoms with Gasteiger partial charge in [0.2, 0.25) is 0 Å². The summed E-state index contributed by atoms with van der Waals surface area (Å²) in [6, 6.07) is 3.47. The van der Waals surface area contributed by atoms with E-state index in [-0.39, 0.29) is 4.90 Å². The molecule has 7 heteroatoms. The van der Waals surface area contributed by atoms with Crippen LogP contribution in [-0.2, 0) is 17.1 Å². The second-order valence-corrected chi connectivity index (χ2v) is 6.16. The number of nitrogens with two attached hydrogens (primary N) is 1. The summed E-state index contributed by atoms with van der Waals surface area (Å²) in [6.45, 7) is 3.63. The van der Waals surface area contributed by atoms with E-state index in [1.165, 1.54) is 17.1 Å². The fourth-order valence-corrected chi connectivity index (χ4v) is 2.79. The van der Waals surface area contributed by atoms with Crippen LogP contribution >= 0.6 is 0 Å². The molecule has 0 aliphatic heterocycles. The maximum atomic E-state index is 12.2. The third kappa shape index (κ3) is 2.70. The van der Waals surface area contributed by atoms with Crippen LogP contribution in [0.5, 0.6) is 0 Å². The van der Waals surface area contributed by atoms with Crippen LogP contribution in [0.4, 0.5) is 11.4 Å². The van der Waals surface area contributed by atoms with Crippen molar-refractivity contribution in [3.63, 3.8) is 0 Å². The minimum atomic E-state index is -3.62. The molecule has 2 rings (SSSR count). The summed E-state index contributed by atoms with van der Waals surface area (Å²) < 4.78 is 28.3. The number of rotatable bonds is 3. The fraction of sp³-hybridized carbons (Fsp3) is 0.250. The quantitative estimate of drug-likeness (QED) is 0.832. The van der Waals surface area contributed by atoms with E-state index < -0.39 is 10.0 Å². The standard InChI is InChI=1S/C12H16N4O2S/c1-8-5-12(9(2)4-11(8)13)15-19(17,18)10-6-14-16(3)7-10/h4-7,15H,13H2,1-3H3. The van der Waals surface area contributed by atoms with Gasteiger partial charge < -0.3 is 5.73 Å². The van der Waals surface area contributed by atoms with Crippen LogP contribution in [0.15, 0.2) is 29.4 Å². The van der Waals surface area contributed by atoms with Crippen molar-refractivity contribution in [3.05, 3.63) is 35.7 Å². The molecule has 0 atom stereocenters. The molecular formula is C12H16N4O2S. The Morgan fingerprint density at radius 2 is 1.95 bits per heavy atom. The van der Waals surface area contributed by atoms with Gasteiger partial charge in [-0.15, -0.1) is 0 Å². The molecule has 1 heterocycles. The van der Waals surface area contributed by atoms with Crippen LogP contribution in [0.3, 0.4) is 0 Å². The van der Waals surface area contributed by atoms with Crippen molar-refractivity contribution >= 4 is 21.4 Å². The van der Waals surface area contributed by atoms with Gasteiger partial charge in [0, 0.05) is 18.9 Å². The number of aromatic nitrogens is 2. The molecule has 1 aromatic carbocycles. The maximum Gasteiger partial charge on any atom is 0.265 e. The fourth-order valence-electron chi connectivity index (χ4n) is 1.69. The molecule has 2 aromatic rings. The molecule has 3 N–H and O–H groups in total. The summed E-state index contributed by atoms with van der Waals surface area (Å²) in [5.74, 6) is 0. The summed E-state index contributed by atoms with van der Waals surface area (Å²) in [7, 11) is -1.95. The molecular weight excluding hydrogens is 264 g/mol. The van der Waals surface area contributed by atoms with E-state index in [4.69, 9.17) is 5.73 Å². The first kappa shape index (κ1) is 13.4. The molecule has 0 unspecified atom stereocenters. The van der Waals surface area contributed by atoms with Crippen LogP contribution in [0.1, 0.15) is 11.1 Å². The number of sulfonamides is 1. The van der Waals surface area contributed by atoms with Crippen molar-refractivity contribution < 1.29 is 8.42 Å². The average molecular weight is 280 g/mol. The minimum Gasteiger partial charge on any atom is -0.399 e. The molecule has 0 fully saturated rings. The van der Waals surface area contributed by atoms with Crippen LogP contribution in [0, 0.1) is 13.8 Å². The lowest BCUT2D eigenvalue weighted by Crippen LogP contribution is -2.13. The summed E-state index contributed by atoms with van der Waals surface area (Å²) >= 11 is 0. The minimum absolute atomic E-state index is 0.129. The second-order valence-electron chi connectivity index (χ2n) is 4.48. The molecule has 0 saturated heterocycles. The van der Waals surface area contributed by atoms with Gasteiger partial charge in [0.15, 0.2) is 0 Å². The Hall–Kier alpha value is -2.02. The van der Waals surface area contributed by atoms with Crippen molar-refractivity contribution in [3.8, 4) is 0 Å². The number of nitrogen functional groups attached to an aromatic ring is 1. The van der Waals surface area contributed by atoms with Gasteiger partial charge >= 0.3 is 0 Å². The van der Waals surface area contributed by atoms with Gasteiger partial charge in [-0.2, -0.15) is 5.10 Å². The third-order valence-corrected chi connectivity index (χ3v) is 4.17. The Morgan fingerprint density at radius 1 is 1.26 bits per heavy atom. The van der Waals surface area contributed by atoms with Gasteiger partial charge in [0.25, 0.3) is 10.0 Å². The number of nitrogens with one attached hydrogen (secondary N) is 1. The maximum absolute atomic E-state index is 12.2. The zero-order valence-corrected chi connectivity index (χ0v) is 11.8. The van der Waals surface area contributed by atoms with E-state index in [1.807, 2.05) is 6.92 Å². The molecule has 0 saturated carbocycles. The van der Waals surface area contributed by atoms with E-state index in [1.54, 1.807) is 26.1 Å². The Kier molecular flexibility index (Phi) is 3.23. The van der Waals surface area contributed by atoms with E-state index in [0.29, 0.717) is 11.4 Å². The normalized spacial score (nSPS) is 11.5. The predicted molar refractivity (Wildman–Crippen MR) is 74.3 cm³/mol. The summed E-state index contributed by atoms with van der Waals surface area (Å²) in [6.07, 6.45) is 2.75. The second kappa shape index (κ2) is 4.58. The molecule has 0 aliphatic rings. The van der Waals surface area contributed by atoms with E-state index >= 15 is 0 Å². The Morgan fingerprint density at radius 3 is 2.53 bits per heavy atom. The first-order valence-electron chi connectivity index (χ1n) is 5.68. The topological polar surface area (TPSA) is 90.0 Å². The predicted octanol–water partition coefficient (Wildman–Crippen LogP) is 1.42. The summed E-state index contributed by atoms with van der Waals surface area (Å²) in [4.78, 5) is 0.129. The van der Waals surface area contributed by atoms with E-state index in [2.05, 4.69) is 9.82 Å². The number of hydrogen-bond donors (Lipinski definition) is 2. The van der Waals surface area contributed by atoms with E-state index in [9.17, 15) is 8.42 Å². The highest BCUT2D eigenvalue weighted by atomic mass is 32.2. The number of anilines is 2. The largest absolute Gasteiger partial charge is 0.399 e. The van der Waals surface area contributed by atoms with Gasteiger partial charge in [-0.3, -0.25) is 9.40 Å². The highest BCUT2D eigenvalue weighted by Gasteiger charge is 2.17. The number of benzene rings is 1. The summed E-state index contributed by atoms with van der Waals surface area (Å²) in [5.41, 5.74) is 8.54. The average Bonchev–Trinajstić information content (AvgIpc) is 2.73. The van der Waals surface area contributed by atoms with Gasteiger partial charge in [-0.25, -0.2) is 8.42 Å². The lowest BCUT2D eigenvalue weighted by Gasteiger charge is -2.11. The third-order valence-electron chi connectivity index (χ3n) is 2.85. The molecule has 6 nitrogen and oxygen atoms in total. The lowest BCUT2D eigenvalue weighted by molar-refractivity contribution is 0.601. The van der Waals surface area contributed by atoms with E-state index in [0.717, 1.165) is 11.1 Å². The monoisotopic (exact) mass is 280 g/mol. The zero-order valence-electron chi connectivity index (χ0n) is 11.0. The van der Waals surface area contributed by atoms with Crippen molar-refractivity contribution in [2.75, 3.05) is 10.5 Å². The van der Waals surface area contributed by atoms with Crippen LogP contribution < -0.4 is 10.5 Å². The molecule has 0 aliphatic carbocycles. The first-order valence-corrected chi connectivity index (χ1v) is 7.16. The highest BCUT2D eigenvalue weighted by Crippen LogP contribution is 2.24. The number of aryl methyl sites for hydroxylation is 3. The Labute approximate surface area is 112 Å². The van der Waals surface area contributed by atoms with Crippen molar-refractivity contribution in [2.45, 2.75) is 18.7 Å². The van der Waals surface area contributed by atoms with Crippen molar-refractivity contribution in [1.82, 2.24) is 9.78 Å². The van der Waals surface area contributed by atoms with Gasteiger partial charge in [0.1, 0.15) is 4.90 Å². The molecule has 0 radical (unpaired) electrons. The molecule has 1 aromatic heterocycles. The zero-order chi connectivity index (χ0) is 14.2. The number of nitrogens with zero attached hydrogens (tertiary/aromatic N) is 2. The van der Waals surface area contributed by atoms with Crippen LogP contribution in [0.25, 0.3) is 0 Å². The molecule has 102 valence electrons. The lowest BCUT2D eigenvalue weighted by atomic mass is 10.1. The first-order chi connectivity index (χ1) is 8.79. The summed E-state index contributed by atoms with van der Waals surface area (Å²) in [5, 5.41) is 3.86. The Bertz CT molecular complexity index is 719. The smallest absolute Gasteiger partial charge is 0.265 e. The number of hydrogen-bond acceptors (Lipinski definition) is 4. The Balaban J connectivity index is 2.38. The van der Waals surface area contributed by atoms with Gasteiger partial charge in [-0.05, 0) is 37.1 Å². The van der Waals surface area contributed by atoms with Gasteiger partial charge in [0.05, 0.1) is 11.9 Å². The van der Waals surface area contributed by atoms with Gasteiger partial charge in [-0.1, -0.05) is 0 Å².